The zero-order valence-corrected chi connectivity index (χ0v) is 15.9. The number of rotatable bonds is 8. The fraction of sp³-hybridized carbons (Fsp3) is 0.333. The molecule has 27 heavy (non-hydrogen) atoms. The predicted molar refractivity (Wildman–Crippen MR) is 102 cm³/mol. The van der Waals surface area contributed by atoms with Crippen LogP contribution >= 0.6 is 0 Å². The summed E-state index contributed by atoms with van der Waals surface area (Å²) in [5.41, 5.74) is 1.09. The van der Waals surface area contributed by atoms with E-state index in [4.69, 9.17) is 9.47 Å². The standard InChI is InChI=1S/C21H25NO5/c1-13(2)27-17-11-10-16(12-18(17)26-4)20(23)22-19(14(3)21(24)25)15-8-6-5-7-9-15/h5-14,19H,1-4H3,(H,22,23)(H,24,25). The minimum Gasteiger partial charge on any atom is -0.493 e. The number of aliphatic carboxylic acids is 1. The second kappa shape index (κ2) is 9.07. The van der Waals surface area contributed by atoms with E-state index < -0.39 is 17.9 Å². The van der Waals surface area contributed by atoms with Gasteiger partial charge in [0, 0.05) is 5.56 Å². The number of nitrogens with one attached hydrogen (secondary N) is 1. The molecule has 0 saturated heterocycles. The van der Waals surface area contributed by atoms with Crippen LogP contribution in [-0.4, -0.2) is 30.2 Å². The fourth-order valence-corrected chi connectivity index (χ4v) is 2.68. The van der Waals surface area contributed by atoms with Crippen molar-refractivity contribution < 1.29 is 24.2 Å². The zero-order chi connectivity index (χ0) is 20.0. The lowest BCUT2D eigenvalue weighted by atomic mass is 9.94. The maximum atomic E-state index is 12.8. The Kier molecular flexibility index (Phi) is 6.82. The van der Waals surface area contributed by atoms with Crippen LogP contribution in [0.25, 0.3) is 0 Å². The van der Waals surface area contributed by atoms with Crippen LogP contribution in [0.1, 0.15) is 42.7 Å². The van der Waals surface area contributed by atoms with Crippen LogP contribution in [0.5, 0.6) is 11.5 Å². The van der Waals surface area contributed by atoms with Crippen LogP contribution in [0.4, 0.5) is 0 Å². The van der Waals surface area contributed by atoms with Gasteiger partial charge in [0.15, 0.2) is 11.5 Å². The first-order valence-corrected chi connectivity index (χ1v) is 8.76. The molecule has 0 bridgehead atoms. The maximum absolute atomic E-state index is 12.8. The number of carboxylic acid groups (broad SMARTS) is 1. The monoisotopic (exact) mass is 371 g/mol. The molecule has 0 saturated carbocycles. The van der Waals surface area contributed by atoms with E-state index in [9.17, 15) is 14.7 Å². The Morgan fingerprint density at radius 2 is 1.67 bits per heavy atom. The molecule has 0 radical (unpaired) electrons. The highest BCUT2D eigenvalue weighted by Crippen LogP contribution is 2.30. The highest BCUT2D eigenvalue weighted by Gasteiger charge is 2.27. The van der Waals surface area contributed by atoms with E-state index in [0.717, 1.165) is 5.56 Å². The first kappa shape index (κ1) is 20.3. The van der Waals surface area contributed by atoms with Crippen LogP contribution in [0.2, 0.25) is 0 Å². The molecule has 0 fully saturated rings. The molecule has 0 aliphatic rings. The maximum Gasteiger partial charge on any atom is 0.308 e. The third-order valence-electron chi connectivity index (χ3n) is 4.12. The van der Waals surface area contributed by atoms with Crippen molar-refractivity contribution in [1.82, 2.24) is 5.32 Å². The van der Waals surface area contributed by atoms with Gasteiger partial charge in [-0.05, 0) is 44.5 Å². The van der Waals surface area contributed by atoms with Crippen molar-refractivity contribution in [3.05, 3.63) is 59.7 Å². The summed E-state index contributed by atoms with van der Waals surface area (Å²) in [4.78, 5) is 24.2. The Balaban J connectivity index is 2.28. The van der Waals surface area contributed by atoms with Crippen molar-refractivity contribution in [1.29, 1.82) is 0 Å². The van der Waals surface area contributed by atoms with Crippen molar-refractivity contribution in [2.45, 2.75) is 32.9 Å². The number of carbonyl (C=O) groups excluding carboxylic acids is 1. The van der Waals surface area contributed by atoms with Gasteiger partial charge in [0.05, 0.1) is 25.2 Å². The summed E-state index contributed by atoms with van der Waals surface area (Å²) in [5, 5.41) is 12.2. The highest BCUT2D eigenvalue weighted by atomic mass is 16.5. The van der Waals surface area contributed by atoms with Gasteiger partial charge in [-0.1, -0.05) is 30.3 Å². The van der Waals surface area contributed by atoms with E-state index in [0.29, 0.717) is 17.1 Å². The molecule has 2 aromatic rings. The molecule has 0 spiro atoms. The van der Waals surface area contributed by atoms with E-state index in [1.54, 1.807) is 37.3 Å². The van der Waals surface area contributed by atoms with Gasteiger partial charge in [0.1, 0.15) is 0 Å². The molecule has 0 aliphatic carbocycles. The smallest absolute Gasteiger partial charge is 0.308 e. The molecule has 2 N–H and O–H groups in total. The summed E-state index contributed by atoms with van der Waals surface area (Å²) in [6.45, 7) is 5.37. The van der Waals surface area contributed by atoms with Gasteiger partial charge in [0.25, 0.3) is 5.91 Å². The van der Waals surface area contributed by atoms with Crippen molar-refractivity contribution in [2.75, 3.05) is 7.11 Å². The highest BCUT2D eigenvalue weighted by molar-refractivity contribution is 5.95. The first-order valence-electron chi connectivity index (χ1n) is 8.76. The van der Waals surface area contributed by atoms with Crippen LogP contribution in [0.3, 0.4) is 0 Å². The quantitative estimate of drug-likeness (QED) is 0.739. The summed E-state index contributed by atoms with van der Waals surface area (Å²) in [5.74, 6) is -1.17. The largest absolute Gasteiger partial charge is 0.493 e. The third-order valence-corrected chi connectivity index (χ3v) is 4.12. The molecule has 6 heteroatoms. The number of benzene rings is 2. The van der Waals surface area contributed by atoms with Crippen molar-refractivity contribution in [2.24, 2.45) is 5.92 Å². The van der Waals surface area contributed by atoms with Crippen LogP contribution < -0.4 is 14.8 Å². The Hall–Kier alpha value is -3.02. The normalized spacial score (nSPS) is 12.9. The number of ether oxygens (including phenoxy) is 2. The average Bonchev–Trinajstić information content (AvgIpc) is 2.65. The summed E-state index contributed by atoms with van der Waals surface area (Å²) in [7, 11) is 1.50. The van der Waals surface area contributed by atoms with E-state index in [2.05, 4.69) is 5.32 Å². The molecule has 0 heterocycles. The lowest BCUT2D eigenvalue weighted by Gasteiger charge is -2.23. The number of hydrogen-bond donors (Lipinski definition) is 2. The lowest BCUT2D eigenvalue weighted by Crippen LogP contribution is -2.35. The predicted octanol–water partition coefficient (Wildman–Crippen LogP) is 3.67. The third kappa shape index (κ3) is 5.23. The summed E-state index contributed by atoms with van der Waals surface area (Å²) < 4.78 is 11.0. The minimum absolute atomic E-state index is 0.0301. The first-order chi connectivity index (χ1) is 12.8. The second-order valence-corrected chi connectivity index (χ2v) is 6.52. The molecular weight excluding hydrogens is 346 g/mol. The van der Waals surface area contributed by atoms with Gasteiger partial charge in [-0.15, -0.1) is 0 Å². The van der Waals surface area contributed by atoms with Gasteiger partial charge < -0.3 is 19.9 Å². The van der Waals surface area contributed by atoms with Gasteiger partial charge >= 0.3 is 5.97 Å². The van der Waals surface area contributed by atoms with Gasteiger partial charge in [-0.25, -0.2) is 0 Å². The minimum atomic E-state index is -0.984. The Morgan fingerprint density at radius 1 is 1.00 bits per heavy atom. The topological polar surface area (TPSA) is 84.9 Å². The Morgan fingerprint density at radius 3 is 2.22 bits per heavy atom. The Labute approximate surface area is 159 Å². The zero-order valence-electron chi connectivity index (χ0n) is 15.9. The summed E-state index contributed by atoms with van der Waals surface area (Å²) >= 11 is 0. The van der Waals surface area contributed by atoms with Crippen molar-refractivity contribution in [3.8, 4) is 11.5 Å². The van der Waals surface area contributed by atoms with Crippen LogP contribution in [0, 0.1) is 5.92 Å². The number of hydrogen-bond acceptors (Lipinski definition) is 4. The van der Waals surface area contributed by atoms with Gasteiger partial charge in [0.2, 0.25) is 0 Å². The van der Waals surface area contributed by atoms with Crippen molar-refractivity contribution >= 4 is 11.9 Å². The fourth-order valence-electron chi connectivity index (χ4n) is 2.68. The molecule has 144 valence electrons. The SMILES string of the molecule is COc1cc(C(=O)NC(c2ccccc2)C(C)C(=O)O)ccc1OC(C)C. The lowest BCUT2D eigenvalue weighted by molar-refractivity contribution is -0.142. The van der Waals surface area contributed by atoms with E-state index in [1.165, 1.54) is 7.11 Å². The number of carboxylic acids is 1. The van der Waals surface area contributed by atoms with E-state index in [-0.39, 0.29) is 12.0 Å². The summed E-state index contributed by atoms with van der Waals surface area (Å²) in [6, 6.07) is 13.3. The molecule has 0 aromatic heterocycles. The van der Waals surface area contributed by atoms with E-state index >= 15 is 0 Å². The molecule has 2 rings (SSSR count). The molecule has 2 aromatic carbocycles. The van der Waals surface area contributed by atoms with E-state index in [1.807, 2.05) is 32.0 Å². The molecule has 0 aliphatic heterocycles. The van der Waals surface area contributed by atoms with Crippen LogP contribution in [-0.2, 0) is 4.79 Å². The van der Waals surface area contributed by atoms with Gasteiger partial charge in [-0.2, -0.15) is 0 Å². The Bertz CT molecular complexity index is 788. The van der Waals surface area contributed by atoms with Crippen molar-refractivity contribution in [3.63, 3.8) is 0 Å². The number of carbonyl (C=O) groups is 2. The number of amides is 1. The molecule has 2 unspecified atom stereocenters. The summed E-state index contributed by atoms with van der Waals surface area (Å²) in [6.07, 6.45) is -0.0301. The van der Waals surface area contributed by atoms with Crippen LogP contribution in [0.15, 0.2) is 48.5 Å². The van der Waals surface area contributed by atoms with Gasteiger partial charge in [-0.3, -0.25) is 9.59 Å². The molecule has 1 amide bonds. The number of methoxy groups -OCH3 is 1. The molecular formula is C21H25NO5. The molecule has 2 atom stereocenters. The second-order valence-electron chi connectivity index (χ2n) is 6.52. The molecule has 6 nitrogen and oxygen atoms in total. The average molecular weight is 371 g/mol.